The molecule has 0 bridgehead atoms. The van der Waals surface area contributed by atoms with Crippen LogP contribution in [0.3, 0.4) is 0 Å². The largest absolute Gasteiger partial charge is 0.361 e. The second-order valence-electron chi connectivity index (χ2n) is 5.96. The Morgan fingerprint density at radius 2 is 1.85 bits per heavy atom. The number of nitrogens with zero attached hydrogens (tertiary/aromatic N) is 3. The molecular weight excluding hydrogens is 324 g/mol. The van der Waals surface area contributed by atoms with Gasteiger partial charge in [0.25, 0.3) is 0 Å². The summed E-state index contributed by atoms with van der Waals surface area (Å²) in [7, 11) is 0. The predicted octanol–water partition coefficient (Wildman–Crippen LogP) is 4.63. The van der Waals surface area contributed by atoms with Gasteiger partial charge in [-0.25, -0.2) is 4.98 Å². The molecule has 1 aromatic carbocycles. The van der Waals surface area contributed by atoms with Gasteiger partial charge in [-0.1, -0.05) is 6.07 Å². The topological polar surface area (TPSA) is 89.4 Å². The zero-order valence-electron chi connectivity index (χ0n) is 14.1. The number of pyridine rings is 2. The first kappa shape index (κ1) is 15.7. The number of fused-ring (bicyclic) bond motifs is 1. The number of nitriles is 1. The Morgan fingerprint density at radius 1 is 0.962 bits per heavy atom. The highest BCUT2D eigenvalue weighted by atomic mass is 15.0. The van der Waals surface area contributed by atoms with Crippen molar-refractivity contribution in [3.63, 3.8) is 0 Å². The summed E-state index contributed by atoms with van der Waals surface area (Å²) >= 11 is 0. The number of rotatable bonds is 4. The van der Waals surface area contributed by atoms with Gasteiger partial charge in [0.15, 0.2) is 0 Å². The average molecular weight is 340 g/mol. The molecule has 0 saturated carbocycles. The van der Waals surface area contributed by atoms with E-state index in [0.29, 0.717) is 11.5 Å². The van der Waals surface area contributed by atoms with Gasteiger partial charge in [-0.2, -0.15) is 5.26 Å². The molecule has 4 rings (SSSR count). The maximum atomic E-state index is 9.28. The number of aryl methyl sites for hydroxylation is 1. The van der Waals surface area contributed by atoms with Gasteiger partial charge in [-0.05, 0) is 48.7 Å². The van der Waals surface area contributed by atoms with Crippen molar-refractivity contribution in [1.29, 1.82) is 5.26 Å². The van der Waals surface area contributed by atoms with E-state index in [4.69, 9.17) is 0 Å². The summed E-state index contributed by atoms with van der Waals surface area (Å²) in [6, 6.07) is 17.6. The van der Waals surface area contributed by atoms with Crippen LogP contribution >= 0.6 is 0 Å². The molecule has 6 nitrogen and oxygen atoms in total. The number of anilines is 4. The summed E-state index contributed by atoms with van der Waals surface area (Å²) in [4.78, 5) is 11.8. The lowest BCUT2D eigenvalue weighted by atomic mass is 10.2. The van der Waals surface area contributed by atoms with E-state index in [0.717, 1.165) is 33.7 Å². The lowest BCUT2D eigenvalue weighted by molar-refractivity contribution is 1.20. The molecule has 0 unspecified atom stereocenters. The smallest absolute Gasteiger partial charge is 0.144 e. The van der Waals surface area contributed by atoms with Crippen LogP contribution in [0.2, 0.25) is 0 Å². The van der Waals surface area contributed by atoms with E-state index in [1.807, 2.05) is 55.6 Å². The third kappa shape index (κ3) is 3.32. The molecule has 0 spiro atoms. The molecule has 3 heterocycles. The second-order valence-corrected chi connectivity index (χ2v) is 5.96. The van der Waals surface area contributed by atoms with Gasteiger partial charge in [-0.15, -0.1) is 0 Å². The van der Waals surface area contributed by atoms with Gasteiger partial charge >= 0.3 is 0 Å². The van der Waals surface area contributed by atoms with Crippen LogP contribution in [0.1, 0.15) is 11.4 Å². The maximum absolute atomic E-state index is 9.28. The average Bonchev–Trinajstić information content (AvgIpc) is 3.11. The Labute approximate surface area is 150 Å². The molecule has 0 fully saturated rings. The molecule has 3 N–H and O–H groups in total. The van der Waals surface area contributed by atoms with Crippen molar-refractivity contribution in [2.24, 2.45) is 0 Å². The SMILES string of the molecule is Cc1ccc(Nc2cc(C#N)nc(Nc3ccc4cc[nH]c4c3)c2)cn1. The summed E-state index contributed by atoms with van der Waals surface area (Å²) in [5.74, 6) is 0.595. The molecule has 126 valence electrons. The summed E-state index contributed by atoms with van der Waals surface area (Å²) < 4.78 is 0. The number of aromatic amines is 1. The van der Waals surface area contributed by atoms with Gasteiger partial charge in [0.1, 0.15) is 17.6 Å². The van der Waals surface area contributed by atoms with Crippen LogP contribution in [0.5, 0.6) is 0 Å². The van der Waals surface area contributed by atoms with E-state index in [2.05, 4.69) is 31.7 Å². The van der Waals surface area contributed by atoms with Crippen LogP contribution in [0, 0.1) is 18.3 Å². The standard InChI is InChI=1S/C20H16N6/c1-13-2-4-16(12-23-13)24-17-8-18(11-21)26-20(10-17)25-15-5-3-14-6-7-22-19(14)9-15/h2-10,12,22H,1H3,(H2,24,25,26). The van der Waals surface area contributed by atoms with Crippen molar-refractivity contribution in [1.82, 2.24) is 15.0 Å². The summed E-state index contributed by atoms with van der Waals surface area (Å²) in [5, 5.41) is 16.9. The van der Waals surface area contributed by atoms with Crippen molar-refractivity contribution >= 4 is 33.8 Å². The molecule has 4 aromatic rings. The fraction of sp³-hybridized carbons (Fsp3) is 0.0500. The quantitative estimate of drug-likeness (QED) is 0.504. The number of nitrogens with one attached hydrogen (secondary N) is 3. The van der Waals surface area contributed by atoms with Gasteiger partial charge in [0.05, 0.1) is 11.9 Å². The minimum absolute atomic E-state index is 0.332. The predicted molar refractivity (Wildman–Crippen MR) is 103 cm³/mol. The Balaban J connectivity index is 1.62. The van der Waals surface area contributed by atoms with E-state index in [1.54, 1.807) is 12.3 Å². The molecule has 0 amide bonds. The molecular formula is C20H16N6. The Morgan fingerprint density at radius 3 is 2.65 bits per heavy atom. The Bertz CT molecular complexity index is 1110. The fourth-order valence-corrected chi connectivity index (χ4v) is 2.71. The van der Waals surface area contributed by atoms with Crippen LogP contribution in [0.4, 0.5) is 22.9 Å². The molecule has 0 radical (unpaired) electrons. The van der Waals surface area contributed by atoms with Crippen LogP contribution in [0.15, 0.2) is 60.9 Å². The van der Waals surface area contributed by atoms with Crippen molar-refractivity contribution in [2.75, 3.05) is 10.6 Å². The first-order valence-corrected chi connectivity index (χ1v) is 8.16. The highest BCUT2D eigenvalue weighted by Crippen LogP contribution is 2.24. The summed E-state index contributed by atoms with van der Waals surface area (Å²) in [6.45, 7) is 1.94. The highest BCUT2D eigenvalue weighted by molar-refractivity contribution is 5.83. The number of hydrogen-bond acceptors (Lipinski definition) is 5. The van der Waals surface area contributed by atoms with Crippen molar-refractivity contribution < 1.29 is 0 Å². The van der Waals surface area contributed by atoms with E-state index in [1.165, 1.54) is 0 Å². The molecule has 3 aromatic heterocycles. The Hall–Kier alpha value is -3.85. The number of benzene rings is 1. The molecule has 0 aliphatic rings. The van der Waals surface area contributed by atoms with Crippen LogP contribution in [0.25, 0.3) is 10.9 Å². The maximum Gasteiger partial charge on any atom is 0.144 e. The number of H-pyrrole nitrogens is 1. The minimum Gasteiger partial charge on any atom is -0.361 e. The van der Waals surface area contributed by atoms with Crippen LogP contribution in [-0.2, 0) is 0 Å². The number of hydrogen-bond donors (Lipinski definition) is 3. The van der Waals surface area contributed by atoms with E-state index < -0.39 is 0 Å². The molecule has 0 aliphatic heterocycles. The third-order valence-corrected chi connectivity index (χ3v) is 3.97. The first-order chi connectivity index (χ1) is 12.7. The van der Waals surface area contributed by atoms with E-state index in [-0.39, 0.29) is 0 Å². The van der Waals surface area contributed by atoms with E-state index in [9.17, 15) is 5.26 Å². The van der Waals surface area contributed by atoms with Crippen molar-refractivity contribution in [3.8, 4) is 6.07 Å². The van der Waals surface area contributed by atoms with Crippen LogP contribution in [-0.4, -0.2) is 15.0 Å². The second kappa shape index (κ2) is 6.57. The zero-order chi connectivity index (χ0) is 17.9. The normalized spacial score (nSPS) is 10.5. The van der Waals surface area contributed by atoms with Gasteiger partial charge < -0.3 is 15.6 Å². The summed E-state index contributed by atoms with van der Waals surface area (Å²) in [5.41, 5.74) is 4.83. The van der Waals surface area contributed by atoms with Crippen LogP contribution < -0.4 is 10.6 Å². The molecule has 26 heavy (non-hydrogen) atoms. The number of aromatic nitrogens is 3. The molecule has 0 atom stereocenters. The minimum atomic E-state index is 0.332. The third-order valence-electron chi connectivity index (χ3n) is 3.97. The first-order valence-electron chi connectivity index (χ1n) is 8.16. The molecule has 6 heteroatoms. The van der Waals surface area contributed by atoms with E-state index >= 15 is 0 Å². The monoisotopic (exact) mass is 340 g/mol. The van der Waals surface area contributed by atoms with Gasteiger partial charge in [0, 0.05) is 34.8 Å². The van der Waals surface area contributed by atoms with Gasteiger partial charge in [0.2, 0.25) is 0 Å². The lowest BCUT2D eigenvalue weighted by Gasteiger charge is -2.11. The molecule has 0 aliphatic carbocycles. The lowest BCUT2D eigenvalue weighted by Crippen LogP contribution is -1.99. The summed E-state index contributed by atoms with van der Waals surface area (Å²) in [6.07, 6.45) is 3.66. The highest BCUT2D eigenvalue weighted by Gasteiger charge is 2.05. The molecule has 0 saturated heterocycles. The Kier molecular flexibility index (Phi) is 3.96. The fourth-order valence-electron chi connectivity index (χ4n) is 2.71. The van der Waals surface area contributed by atoms with Crippen molar-refractivity contribution in [2.45, 2.75) is 6.92 Å². The zero-order valence-corrected chi connectivity index (χ0v) is 14.1. The van der Waals surface area contributed by atoms with Gasteiger partial charge in [-0.3, -0.25) is 4.98 Å². The van der Waals surface area contributed by atoms with Crippen molar-refractivity contribution in [3.05, 3.63) is 72.3 Å².